The lowest BCUT2D eigenvalue weighted by atomic mass is 10.1. The number of hydrogen-bond acceptors (Lipinski definition) is 3. The molecule has 1 radical (unpaired) electrons. The van der Waals surface area contributed by atoms with Gasteiger partial charge in [-0.3, -0.25) is 14.9 Å². The molecule has 0 N–H and O–H groups in total. The molecular weight excluding hydrogens is 326 g/mol. The van der Waals surface area contributed by atoms with Crippen LogP contribution in [-0.4, -0.2) is 11.2 Å². The van der Waals surface area contributed by atoms with Crippen LogP contribution in [0.2, 0.25) is 0 Å². The fourth-order valence-corrected chi connectivity index (χ4v) is 2.40. The van der Waals surface area contributed by atoms with Crippen molar-refractivity contribution >= 4 is 6.29 Å². The van der Waals surface area contributed by atoms with Gasteiger partial charge in [0.2, 0.25) is 5.70 Å². The predicted molar refractivity (Wildman–Crippen MR) is 109 cm³/mol. The first-order valence-electron chi connectivity index (χ1n) is 9.85. The summed E-state index contributed by atoms with van der Waals surface area (Å²) >= 11 is 0. The minimum absolute atomic E-state index is 0.270. The Morgan fingerprint density at radius 2 is 1.54 bits per heavy atom. The van der Waals surface area contributed by atoms with Gasteiger partial charge in [-0.15, -0.1) is 0 Å². The van der Waals surface area contributed by atoms with E-state index in [0.29, 0.717) is 18.5 Å². The van der Waals surface area contributed by atoms with Crippen molar-refractivity contribution in [3.63, 3.8) is 0 Å². The molecule has 0 saturated heterocycles. The Kier molecular flexibility index (Phi) is 17.9. The minimum Gasteiger partial charge on any atom is -0.291 e. The maximum absolute atomic E-state index is 11.0. The van der Waals surface area contributed by atoms with E-state index in [4.69, 9.17) is 0 Å². The molecule has 26 heavy (non-hydrogen) atoms. The first kappa shape index (κ1) is 24.0. The third-order valence-electron chi connectivity index (χ3n) is 3.94. The van der Waals surface area contributed by atoms with Crippen LogP contribution in [0.15, 0.2) is 48.2 Å². The van der Waals surface area contributed by atoms with Crippen LogP contribution in [0, 0.1) is 10.1 Å². The van der Waals surface area contributed by atoms with Crippen LogP contribution >= 0.6 is 0 Å². The molecule has 0 fully saturated rings. The zero-order valence-electron chi connectivity index (χ0n) is 16.2. The standard InChI is InChI=1S/C22H34NO3/c1-2-3-4-16-19-22(23(25)26)20-17-14-12-10-8-6-5-7-9-11-13-15-18-21-24/h5,7-8,10,14,17,19H,2-4,6,9,11-13,15-16,18,20H2,1H3/b7-5+,10-8+,17-14+,22-19-. The molecule has 0 saturated carbocycles. The summed E-state index contributed by atoms with van der Waals surface area (Å²) in [5.74, 6) is 0. The van der Waals surface area contributed by atoms with Crippen molar-refractivity contribution in [2.24, 2.45) is 0 Å². The van der Waals surface area contributed by atoms with Gasteiger partial charge in [-0.25, -0.2) is 0 Å². The Balaban J connectivity index is 3.80. The molecule has 0 aliphatic rings. The molecule has 0 aliphatic carbocycles. The van der Waals surface area contributed by atoms with Crippen LogP contribution in [0.3, 0.4) is 0 Å². The molecule has 4 nitrogen and oxygen atoms in total. The van der Waals surface area contributed by atoms with Crippen molar-refractivity contribution in [1.29, 1.82) is 0 Å². The Hall–Kier alpha value is -1.97. The number of carbonyl (C=O) groups excluding carboxylic acids is 1. The molecule has 145 valence electrons. The maximum Gasteiger partial charge on any atom is 0.246 e. The Labute approximate surface area is 158 Å². The third-order valence-corrected chi connectivity index (χ3v) is 3.94. The summed E-state index contributed by atoms with van der Waals surface area (Å²) in [6.45, 7) is 2.13. The van der Waals surface area contributed by atoms with Crippen molar-refractivity contribution < 1.29 is 9.72 Å². The molecule has 0 heterocycles. The van der Waals surface area contributed by atoms with Gasteiger partial charge < -0.3 is 0 Å². The smallest absolute Gasteiger partial charge is 0.246 e. The van der Waals surface area contributed by atoms with Crippen molar-refractivity contribution in [2.75, 3.05) is 0 Å². The van der Waals surface area contributed by atoms with Gasteiger partial charge >= 0.3 is 0 Å². The average molecular weight is 361 g/mol. The molecule has 0 aromatic rings. The van der Waals surface area contributed by atoms with E-state index in [-0.39, 0.29) is 4.92 Å². The highest BCUT2D eigenvalue weighted by atomic mass is 16.6. The molecule has 0 aliphatic heterocycles. The second-order valence-corrected chi connectivity index (χ2v) is 6.28. The third kappa shape index (κ3) is 16.9. The van der Waals surface area contributed by atoms with E-state index in [1.165, 1.54) is 0 Å². The molecule has 0 aromatic carbocycles. The summed E-state index contributed by atoms with van der Waals surface area (Å²) in [5, 5.41) is 11.0. The van der Waals surface area contributed by atoms with Gasteiger partial charge in [0.15, 0.2) is 6.29 Å². The first-order valence-corrected chi connectivity index (χ1v) is 9.85. The van der Waals surface area contributed by atoms with Crippen LogP contribution in [0.1, 0.15) is 84.0 Å². The van der Waals surface area contributed by atoms with Crippen molar-refractivity contribution in [1.82, 2.24) is 0 Å². The minimum atomic E-state index is -0.270. The van der Waals surface area contributed by atoms with Gasteiger partial charge in [0, 0.05) is 6.42 Å². The van der Waals surface area contributed by atoms with E-state index in [0.717, 1.165) is 64.2 Å². The Bertz CT molecular complexity index is 476. The number of nitro groups is 1. The number of allylic oxidation sites excluding steroid dienone is 7. The number of nitrogens with zero attached hydrogens (tertiary/aromatic N) is 1. The lowest BCUT2D eigenvalue weighted by molar-refractivity contribution is -0.427. The second-order valence-electron chi connectivity index (χ2n) is 6.28. The predicted octanol–water partition coefficient (Wildman–Crippen LogP) is 6.63. The number of hydrogen-bond donors (Lipinski definition) is 0. The summed E-state index contributed by atoms with van der Waals surface area (Å²) < 4.78 is 0. The summed E-state index contributed by atoms with van der Waals surface area (Å²) in [6.07, 6.45) is 27.0. The molecule has 0 amide bonds. The second kappa shape index (κ2) is 19.4. The lowest BCUT2D eigenvalue weighted by Crippen LogP contribution is -1.97. The lowest BCUT2D eigenvalue weighted by Gasteiger charge is -1.95. The highest BCUT2D eigenvalue weighted by Crippen LogP contribution is 2.09. The van der Waals surface area contributed by atoms with E-state index in [1.54, 1.807) is 6.08 Å². The number of rotatable bonds is 17. The fourth-order valence-electron chi connectivity index (χ4n) is 2.40. The zero-order chi connectivity index (χ0) is 19.3. The van der Waals surface area contributed by atoms with Gasteiger partial charge in [0.1, 0.15) is 0 Å². The Morgan fingerprint density at radius 1 is 0.885 bits per heavy atom. The average Bonchev–Trinajstić information content (AvgIpc) is 2.63. The largest absolute Gasteiger partial charge is 0.291 e. The normalized spacial score (nSPS) is 12.6. The monoisotopic (exact) mass is 360 g/mol. The quantitative estimate of drug-likeness (QED) is 0.127. The summed E-state index contributed by atoms with van der Waals surface area (Å²) in [7, 11) is 0. The van der Waals surface area contributed by atoms with E-state index in [1.807, 2.05) is 18.4 Å². The summed E-state index contributed by atoms with van der Waals surface area (Å²) in [6, 6.07) is 0. The van der Waals surface area contributed by atoms with Crippen molar-refractivity contribution in [2.45, 2.75) is 84.0 Å². The van der Waals surface area contributed by atoms with E-state index >= 15 is 0 Å². The molecule has 4 heteroatoms. The van der Waals surface area contributed by atoms with Crippen LogP contribution in [0.4, 0.5) is 0 Å². The van der Waals surface area contributed by atoms with Crippen molar-refractivity contribution in [3.05, 3.63) is 58.3 Å². The van der Waals surface area contributed by atoms with Crippen molar-refractivity contribution in [3.8, 4) is 0 Å². The SMILES string of the molecule is CCCCC/C=C(/C/C=C/C/C=C/C/C=C/CCCCC[C]=O)[N+](=O)[O-]. The van der Waals surface area contributed by atoms with Crippen LogP contribution in [0.5, 0.6) is 0 Å². The van der Waals surface area contributed by atoms with Crippen LogP contribution in [0.25, 0.3) is 0 Å². The summed E-state index contributed by atoms with van der Waals surface area (Å²) in [5.41, 5.74) is 0.301. The van der Waals surface area contributed by atoms with Gasteiger partial charge in [-0.05, 0) is 51.0 Å². The van der Waals surface area contributed by atoms with E-state index in [9.17, 15) is 14.9 Å². The Morgan fingerprint density at radius 3 is 2.19 bits per heavy atom. The first-order chi connectivity index (χ1) is 12.7. The molecule has 0 spiro atoms. The fraction of sp³-hybridized carbons (Fsp3) is 0.591. The van der Waals surface area contributed by atoms with Gasteiger partial charge in [-0.2, -0.15) is 0 Å². The van der Waals surface area contributed by atoms with Gasteiger partial charge in [-0.1, -0.05) is 62.6 Å². The molecule has 0 unspecified atom stereocenters. The van der Waals surface area contributed by atoms with Crippen LogP contribution < -0.4 is 0 Å². The van der Waals surface area contributed by atoms with Crippen LogP contribution in [-0.2, 0) is 4.79 Å². The maximum atomic E-state index is 11.0. The highest BCUT2D eigenvalue weighted by molar-refractivity contribution is 5.50. The zero-order valence-corrected chi connectivity index (χ0v) is 16.2. The van der Waals surface area contributed by atoms with E-state index in [2.05, 4.69) is 31.2 Å². The summed E-state index contributed by atoms with van der Waals surface area (Å²) in [4.78, 5) is 20.8. The van der Waals surface area contributed by atoms with Gasteiger partial charge in [0.25, 0.3) is 0 Å². The topological polar surface area (TPSA) is 60.2 Å². The van der Waals surface area contributed by atoms with Gasteiger partial charge in [0.05, 0.1) is 11.3 Å². The molecule has 0 rings (SSSR count). The van der Waals surface area contributed by atoms with E-state index < -0.39 is 0 Å². The molecular formula is C22H34NO3. The molecule has 0 atom stereocenters. The number of unbranched alkanes of at least 4 members (excludes halogenated alkanes) is 7. The highest BCUT2D eigenvalue weighted by Gasteiger charge is 2.06. The molecule has 0 bridgehead atoms. The molecule has 0 aromatic heterocycles.